The fourth-order valence-electron chi connectivity index (χ4n) is 2.55. The first kappa shape index (κ1) is 13.4. The minimum absolute atomic E-state index is 0.816. The summed E-state index contributed by atoms with van der Waals surface area (Å²) in [6.07, 6.45) is 7.60. The zero-order chi connectivity index (χ0) is 12.8. The molecule has 0 fully saturated rings. The minimum Gasteiger partial charge on any atom is -0.494 e. The van der Waals surface area contributed by atoms with Crippen molar-refractivity contribution in [3.8, 4) is 5.75 Å². The van der Waals surface area contributed by atoms with E-state index >= 15 is 0 Å². The van der Waals surface area contributed by atoms with Crippen LogP contribution in [0.4, 0.5) is 0 Å². The molecule has 100 valence electrons. The lowest BCUT2D eigenvalue weighted by atomic mass is 10.0. The van der Waals surface area contributed by atoms with Crippen molar-refractivity contribution in [1.29, 1.82) is 0 Å². The number of benzene rings is 1. The first-order valence-corrected chi connectivity index (χ1v) is 7.15. The van der Waals surface area contributed by atoms with Gasteiger partial charge in [-0.2, -0.15) is 0 Å². The summed E-state index contributed by atoms with van der Waals surface area (Å²) in [5.74, 6) is 1.05. The highest BCUT2D eigenvalue weighted by molar-refractivity contribution is 5.36. The Morgan fingerprint density at radius 1 is 1.06 bits per heavy atom. The maximum absolute atomic E-state index is 5.84. The smallest absolute Gasteiger partial charge is 0.119 e. The van der Waals surface area contributed by atoms with E-state index in [1.807, 2.05) is 0 Å². The third-order valence-electron chi connectivity index (χ3n) is 3.59. The molecule has 1 aliphatic carbocycles. The third kappa shape index (κ3) is 4.02. The van der Waals surface area contributed by atoms with E-state index in [0.717, 1.165) is 25.3 Å². The lowest BCUT2D eigenvalue weighted by molar-refractivity contribution is 0.281. The van der Waals surface area contributed by atoms with Crippen molar-refractivity contribution in [3.63, 3.8) is 0 Å². The van der Waals surface area contributed by atoms with Crippen LogP contribution in [-0.4, -0.2) is 32.1 Å². The van der Waals surface area contributed by atoms with Gasteiger partial charge in [0.25, 0.3) is 0 Å². The minimum atomic E-state index is 0.816. The second-order valence-corrected chi connectivity index (χ2v) is 5.50. The standard InChI is InChI=1S/C16H25NO/c1-17(2)11-6-12-18-16-10-9-14-7-4-3-5-8-15(14)13-16/h9-10,13H,3-8,11-12H2,1-2H3. The van der Waals surface area contributed by atoms with E-state index in [-0.39, 0.29) is 0 Å². The van der Waals surface area contributed by atoms with Gasteiger partial charge in [0, 0.05) is 6.54 Å². The van der Waals surface area contributed by atoms with Crippen LogP contribution >= 0.6 is 0 Å². The Morgan fingerprint density at radius 2 is 1.83 bits per heavy atom. The lowest BCUT2D eigenvalue weighted by Crippen LogP contribution is -2.15. The van der Waals surface area contributed by atoms with Gasteiger partial charge in [-0.3, -0.25) is 0 Å². The number of rotatable bonds is 5. The van der Waals surface area contributed by atoms with Gasteiger partial charge in [-0.1, -0.05) is 12.5 Å². The molecule has 0 bridgehead atoms. The zero-order valence-electron chi connectivity index (χ0n) is 11.7. The van der Waals surface area contributed by atoms with Gasteiger partial charge < -0.3 is 9.64 Å². The molecule has 0 saturated carbocycles. The van der Waals surface area contributed by atoms with Gasteiger partial charge in [-0.25, -0.2) is 0 Å². The molecule has 2 nitrogen and oxygen atoms in total. The number of hydrogen-bond acceptors (Lipinski definition) is 2. The molecule has 0 saturated heterocycles. The van der Waals surface area contributed by atoms with Crippen molar-refractivity contribution in [2.45, 2.75) is 38.5 Å². The Kier molecular flexibility index (Phi) is 5.06. The summed E-state index contributed by atoms with van der Waals surface area (Å²) in [6.45, 7) is 1.90. The predicted molar refractivity (Wildman–Crippen MR) is 76.4 cm³/mol. The van der Waals surface area contributed by atoms with Crippen molar-refractivity contribution in [2.24, 2.45) is 0 Å². The van der Waals surface area contributed by atoms with Gasteiger partial charge in [0.2, 0.25) is 0 Å². The average Bonchev–Trinajstić information content (AvgIpc) is 2.59. The average molecular weight is 247 g/mol. The molecule has 2 heteroatoms. The van der Waals surface area contributed by atoms with Crippen molar-refractivity contribution in [3.05, 3.63) is 29.3 Å². The normalized spacial score (nSPS) is 15.3. The van der Waals surface area contributed by atoms with E-state index < -0.39 is 0 Å². The summed E-state index contributed by atoms with van der Waals surface area (Å²) in [6, 6.07) is 6.66. The number of ether oxygens (including phenoxy) is 1. The van der Waals surface area contributed by atoms with Gasteiger partial charge in [0.1, 0.15) is 5.75 Å². The molecule has 2 rings (SSSR count). The summed E-state index contributed by atoms with van der Waals surface area (Å²) in [7, 11) is 4.20. The summed E-state index contributed by atoms with van der Waals surface area (Å²) < 4.78 is 5.84. The Hall–Kier alpha value is -1.02. The van der Waals surface area contributed by atoms with Crippen molar-refractivity contribution >= 4 is 0 Å². The molecule has 0 N–H and O–H groups in total. The van der Waals surface area contributed by atoms with E-state index in [1.165, 1.54) is 43.2 Å². The molecule has 0 radical (unpaired) electrons. The van der Waals surface area contributed by atoms with Crippen LogP contribution in [-0.2, 0) is 12.8 Å². The number of fused-ring (bicyclic) bond motifs is 1. The van der Waals surface area contributed by atoms with E-state index in [2.05, 4.69) is 37.2 Å². The summed E-state index contributed by atoms with van der Waals surface area (Å²) >= 11 is 0. The first-order chi connectivity index (χ1) is 8.75. The molecule has 18 heavy (non-hydrogen) atoms. The summed E-state index contributed by atoms with van der Waals surface area (Å²) in [5.41, 5.74) is 3.05. The van der Waals surface area contributed by atoms with E-state index in [1.54, 1.807) is 0 Å². The van der Waals surface area contributed by atoms with Crippen molar-refractivity contribution in [1.82, 2.24) is 4.90 Å². The van der Waals surface area contributed by atoms with E-state index in [4.69, 9.17) is 4.74 Å². The molecule has 1 aromatic carbocycles. The Balaban J connectivity index is 1.88. The van der Waals surface area contributed by atoms with Gasteiger partial charge in [0.05, 0.1) is 6.61 Å². The van der Waals surface area contributed by atoms with Gasteiger partial charge >= 0.3 is 0 Å². The van der Waals surface area contributed by atoms with E-state index in [9.17, 15) is 0 Å². The summed E-state index contributed by atoms with van der Waals surface area (Å²) in [4.78, 5) is 2.19. The third-order valence-corrected chi connectivity index (χ3v) is 3.59. The molecule has 0 amide bonds. The molecule has 0 aliphatic heterocycles. The van der Waals surface area contributed by atoms with Gasteiger partial charge in [0.15, 0.2) is 0 Å². The second-order valence-electron chi connectivity index (χ2n) is 5.50. The predicted octanol–water partition coefficient (Wildman–Crippen LogP) is 3.29. The second kappa shape index (κ2) is 6.79. The SMILES string of the molecule is CN(C)CCCOc1ccc2c(c1)CCCCC2. The first-order valence-electron chi connectivity index (χ1n) is 7.15. The lowest BCUT2D eigenvalue weighted by Gasteiger charge is -2.12. The van der Waals surface area contributed by atoms with Crippen LogP contribution < -0.4 is 4.74 Å². The highest BCUT2D eigenvalue weighted by Gasteiger charge is 2.08. The Labute approximate surface area is 111 Å². The number of aryl methyl sites for hydroxylation is 2. The van der Waals surface area contributed by atoms with Crippen LogP contribution in [0.15, 0.2) is 18.2 Å². The van der Waals surface area contributed by atoms with Gasteiger partial charge in [-0.15, -0.1) is 0 Å². The highest BCUT2D eigenvalue weighted by atomic mass is 16.5. The highest BCUT2D eigenvalue weighted by Crippen LogP contribution is 2.24. The van der Waals surface area contributed by atoms with Crippen molar-refractivity contribution in [2.75, 3.05) is 27.2 Å². The van der Waals surface area contributed by atoms with Crippen LogP contribution in [0.3, 0.4) is 0 Å². The summed E-state index contributed by atoms with van der Waals surface area (Å²) in [5, 5.41) is 0. The van der Waals surface area contributed by atoms with Gasteiger partial charge in [-0.05, 0) is 69.5 Å². The molecule has 1 aromatic rings. The molecule has 0 heterocycles. The maximum atomic E-state index is 5.84. The van der Waals surface area contributed by atoms with Crippen molar-refractivity contribution < 1.29 is 4.74 Å². The topological polar surface area (TPSA) is 12.5 Å². The molecular formula is C16H25NO. The largest absolute Gasteiger partial charge is 0.494 e. The monoisotopic (exact) mass is 247 g/mol. The fraction of sp³-hybridized carbons (Fsp3) is 0.625. The maximum Gasteiger partial charge on any atom is 0.119 e. The molecule has 0 unspecified atom stereocenters. The van der Waals surface area contributed by atoms with Crippen LogP contribution in [0.5, 0.6) is 5.75 Å². The molecule has 0 aromatic heterocycles. The Bertz CT molecular complexity index is 373. The zero-order valence-corrected chi connectivity index (χ0v) is 11.7. The molecular weight excluding hydrogens is 222 g/mol. The number of nitrogens with zero attached hydrogens (tertiary/aromatic N) is 1. The number of hydrogen-bond donors (Lipinski definition) is 0. The fourth-order valence-corrected chi connectivity index (χ4v) is 2.55. The van der Waals surface area contributed by atoms with Crippen LogP contribution in [0.25, 0.3) is 0 Å². The molecule has 0 atom stereocenters. The molecule has 1 aliphatic rings. The van der Waals surface area contributed by atoms with Crippen LogP contribution in [0.2, 0.25) is 0 Å². The quantitative estimate of drug-likeness (QED) is 0.585. The Morgan fingerprint density at radius 3 is 2.61 bits per heavy atom. The van der Waals surface area contributed by atoms with Crippen LogP contribution in [0, 0.1) is 0 Å². The molecule has 0 spiro atoms. The van der Waals surface area contributed by atoms with E-state index in [0.29, 0.717) is 0 Å². The van der Waals surface area contributed by atoms with Crippen LogP contribution in [0.1, 0.15) is 36.8 Å².